The molecule has 0 aliphatic heterocycles. The van der Waals surface area contributed by atoms with Crippen molar-refractivity contribution in [1.82, 2.24) is 10.3 Å². The quantitative estimate of drug-likeness (QED) is 0.434. The van der Waals surface area contributed by atoms with Crippen molar-refractivity contribution in [2.75, 3.05) is 6.54 Å². The average molecular weight is 408 g/mol. The van der Waals surface area contributed by atoms with Crippen LogP contribution in [0.5, 0.6) is 0 Å². The number of hydrogen-bond acceptors (Lipinski definition) is 1. The molecule has 0 radical (unpaired) electrons. The highest BCUT2D eigenvalue weighted by Gasteiger charge is 2.30. The largest absolute Gasteiger partial charge is 0.416 e. The number of aromatic amines is 1. The molecular formula is C24H19F3N2O. The lowest BCUT2D eigenvalue weighted by molar-refractivity contribution is -0.137. The van der Waals surface area contributed by atoms with Crippen molar-refractivity contribution >= 4 is 16.8 Å². The van der Waals surface area contributed by atoms with Crippen LogP contribution in [0.15, 0.2) is 85.1 Å². The molecule has 0 aliphatic carbocycles. The first-order chi connectivity index (χ1) is 14.4. The lowest BCUT2D eigenvalue weighted by Gasteiger charge is -2.18. The van der Waals surface area contributed by atoms with E-state index in [-0.39, 0.29) is 11.5 Å². The fraction of sp³-hybridized carbons (Fsp3) is 0.125. The Bertz CT molecular complexity index is 1150. The van der Waals surface area contributed by atoms with Crippen molar-refractivity contribution in [1.29, 1.82) is 0 Å². The Kier molecular flexibility index (Phi) is 5.31. The molecule has 1 atom stereocenters. The Morgan fingerprint density at radius 2 is 1.57 bits per heavy atom. The van der Waals surface area contributed by atoms with Gasteiger partial charge in [-0.15, -0.1) is 0 Å². The maximum Gasteiger partial charge on any atom is 0.416 e. The summed E-state index contributed by atoms with van der Waals surface area (Å²) in [5.74, 6) is -0.523. The molecule has 6 heteroatoms. The standard InChI is InChI=1S/C24H19F3N2O/c25-24(26,27)18-12-10-17(11-13-18)23(30)29-14-20(16-6-2-1-3-7-16)21-15-28-22-9-5-4-8-19(21)22/h1-13,15,20,28H,14H2,(H,29,30). The Balaban J connectivity index is 1.58. The zero-order valence-corrected chi connectivity index (χ0v) is 15.9. The number of H-pyrrole nitrogens is 1. The van der Waals surface area contributed by atoms with Gasteiger partial charge < -0.3 is 10.3 Å². The second kappa shape index (κ2) is 8.06. The number of alkyl halides is 3. The minimum absolute atomic E-state index is 0.110. The van der Waals surface area contributed by atoms with E-state index in [1.54, 1.807) is 0 Å². The van der Waals surface area contributed by atoms with Gasteiger partial charge in [0.05, 0.1) is 5.56 Å². The summed E-state index contributed by atoms with van der Waals surface area (Å²) in [6, 6.07) is 22.0. The number of rotatable bonds is 5. The van der Waals surface area contributed by atoms with E-state index in [9.17, 15) is 18.0 Å². The highest BCUT2D eigenvalue weighted by atomic mass is 19.4. The van der Waals surface area contributed by atoms with Gasteiger partial charge in [-0.1, -0.05) is 48.5 Å². The van der Waals surface area contributed by atoms with Crippen molar-refractivity contribution in [3.63, 3.8) is 0 Å². The molecule has 30 heavy (non-hydrogen) atoms. The van der Waals surface area contributed by atoms with Crippen molar-refractivity contribution in [2.45, 2.75) is 12.1 Å². The zero-order valence-electron chi connectivity index (χ0n) is 15.9. The summed E-state index contributed by atoms with van der Waals surface area (Å²) in [6.07, 6.45) is -2.49. The molecule has 2 N–H and O–H groups in total. The summed E-state index contributed by atoms with van der Waals surface area (Å²) < 4.78 is 38.2. The lowest BCUT2D eigenvalue weighted by Crippen LogP contribution is -2.29. The van der Waals surface area contributed by atoms with Crippen LogP contribution in [0.3, 0.4) is 0 Å². The summed E-state index contributed by atoms with van der Waals surface area (Å²) in [4.78, 5) is 15.8. The maximum atomic E-state index is 12.7. The number of hydrogen-bond donors (Lipinski definition) is 2. The van der Waals surface area contributed by atoms with E-state index in [0.717, 1.165) is 34.2 Å². The van der Waals surface area contributed by atoms with E-state index in [0.29, 0.717) is 6.54 Å². The SMILES string of the molecule is O=C(NCC(c1ccccc1)c1c[nH]c2ccccc12)c1ccc(C(F)(F)F)cc1. The van der Waals surface area contributed by atoms with Gasteiger partial charge in [-0.25, -0.2) is 0 Å². The van der Waals surface area contributed by atoms with Crippen molar-refractivity contribution in [3.8, 4) is 0 Å². The highest BCUT2D eigenvalue weighted by Crippen LogP contribution is 2.31. The number of benzene rings is 3. The van der Waals surface area contributed by atoms with Gasteiger partial charge in [-0.2, -0.15) is 13.2 Å². The maximum absolute atomic E-state index is 12.7. The highest BCUT2D eigenvalue weighted by molar-refractivity contribution is 5.94. The smallest absolute Gasteiger partial charge is 0.361 e. The number of nitrogens with one attached hydrogen (secondary N) is 2. The molecule has 0 bridgehead atoms. The van der Waals surface area contributed by atoms with Crippen LogP contribution in [0.1, 0.15) is 33.0 Å². The normalized spacial score (nSPS) is 12.6. The van der Waals surface area contributed by atoms with Crippen LogP contribution in [-0.4, -0.2) is 17.4 Å². The molecular weight excluding hydrogens is 389 g/mol. The van der Waals surface area contributed by atoms with Gasteiger partial charge in [0.2, 0.25) is 0 Å². The Morgan fingerprint density at radius 1 is 0.900 bits per heavy atom. The molecule has 1 unspecified atom stereocenters. The summed E-state index contributed by atoms with van der Waals surface area (Å²) >= 11 is 0. The number of aromatic nitrogens is 1. The van der Waals surface area contributed by atoms with Crippen LogP contribution in [0.25, 0.3) is 10.9 Å². The summed E-state index contributed by atoms with van der Waals surface area (Å²) in [7, 11) is 0. The molecule has 0 fully saturated rings. The first-order valence-electron chi connectivity index (χ1n) is 9.50. The topological polar surface area (TPSA) is 44.9 Å². The molecule has 0 saturated heterocycles. The van der Waals surface area contributed by atoms with Gasteiger partial charge in [-0.3, -0.25) is 4.79 Å². The van der Waals surface area contributed by atoms with E-state index in [1.165, 1.54) is 12.1 Å². The zero-order chi connectivity index (χ0) is 21.1. The van der Waals surface area contributed by atoms with Gasteiger partial charge in [0.1, 0.15) is 0 Å². The summed E-state index contributed by atoms with van der Waals surface area (Å²) in [5, 5.41) is 3.94. The average Bonchev–Trinajstić information content (AvgIpc) is 3.18. The molecule has 152 valence electrons. The van der Waals surface area contributed by atoms with E-state index in [2.05, 4.69) is 10.3 Å². The lowest BCUT2D eigenvalue weighted by atomic mass is 9.91. The Hall–Kier alpha value is -3.54. The van der Waals surface area contributed by atoms with Crippen molar-refractivity contribution < 1.29 is 18.0 Å². The number of carbonyl (C=O) groups excluding carboxylic acids is 1. The molecule has 4 aromatic rings. The molecule has 0 aliphatic rings. The van der Waals surface area contributed by atoms with Crippen LogP contribution in [0, 0.1) is 0 Å². The Morgan fingerprint density at radius 3 is 2.27 bits per heavy atom. The summed E-state index contributed by atoms with van der Waals surface area (Å²) in [6.45, 7) is 0.311. The first-order valence-corrected chi connectivity index (χ1v) is 9.50. The third kappa shape index (κ3) is 4.08. The molecule has 0 spiro atoms. The van der Waals surface area contributed by atoms with Crippen molar-refractivity contribution in [2.24, 2.45) is 0 Å². The molecule has 4 rings (SSSR count). The third-order valence-corrected chi connectivity index (χ3v) is 5.14. The first kappa shape index (κ1) is 19.8. The van der Waals surface area contributed by atoms with Gasteiger partial charge in [0.15, 0.2) is 0 Å². The second-order valence-corrected chi connectivity index (χ2v) is 7.04. The predicted molar refractivity (Wildman–Crippen MR) is 110 cm³/mol. The van der Waals surface area contributed by atoms with Crippen LogP contribution in [0.2, 0.25) is 0 Å². The minimum atomic E-state index is -4.43. The van der Waals surface area contributed by atoms with Crippen LogP contribution in [0.4, 0.5) is 13.2 Å². The minimum Gasteiger partial charge on any atom is -0.361 e. The van der Waals surface area contributed by atoms with Crippen LogP contribution in [-0.2, 0) is 6.18 Å². The van der Waals surface area contributed by atoms with E-state index in [1.807, 2.05) is 60.8 Å². The fourth-order valence-electron chi connectivity index (χ4n) is 3.58. The van der Waals surface area contributed by atoms with Gasteiger partial charge >= 0.3 is 6.18 Å². The van der Waals surface area contributed by atoms with Gasteiger partial charge in [0.25, 0.3) is 5.91 Å². The number of fused-ring (bicyclic) bond motifs is 1. The molecule has 1 heterocycles. The summed E-state index contributed by atoms with van der Waals surface area (Å²) in [5.41, 5.74) is 2.50. The number of amides is 1. The fourth-order valence-corrected chi connectivity index (χ4v) is 3.58. The molecule has 3 aromatic carbocycles. The predicted octanol–water partition coefficient (Wildman–Crippen LogP) is 5.75. The molecule has 1 amide bonds. The second-order valence-electron chi connectivity index (χ2n) is 7.04. The van der Waals surface area contributed by atoms with Gasteiger partial charge in [-0.05, 0) is 41.5 Å². The van der Waals surface area contributed by atoms with Crippen molar-refractivity contribution in [3.05, 3.63) is 107 Å². The van der Waals surface area contributed by atoms with E-state index >= 15 is 0 Å². The van der Waals surface area contributed by atoms with E-state index in [4.69, 9.17) is 0 Å². The molecule has 1 aromatic heterocycles. The molecule has 0 saturated carbocycles. The third-order valence-electron chi connectivity index (χ3n) is 5.14. The monoisotopic (exact) mass is 408 g/mol. The Labute approximate surface area is 171 Å². The number of halogens is 3. The number of para-hydroxylation sites is 1. The van der Waals surface area contributed by atoms with Gasteiger partial charge in [0, 0.05) is 35.1 Å². The molecule has 3 nitrogen and oxygen atoms in total. The number of carbonyl (C=O) groups is 1. The van der Waals surface area contributed by atoms with Crippen LogP contribution < -0.4 is 5.32 Å². The van der Waals surface area contributed by atoms with E-state index < -0.39 is 17.6 Å². The van der Waals surface area contributed by atoms with Crippen LogP contribution >= 0.6 is 0 Å².